The van der Waals surface area contributed by atoms with Crippen LogP contribution in [0.25, 0.3) is 11.0 Å². The largest absolute Gasteiger partial charge is 0.341 e. The molecular formula is C13H17N3O2S3. The number of sulfone groups is 1. The Morgan fingerprint density at radius 2 is 2.10 bits per heavy atom. The number of thiocarbonyl (C=S) groups is 1. The smallest absolute Gasteiger partial charge is 0.226 e. The lowest BCUT2D eigenvalue weighted by molar-refractivity contribution is 0.460. The number of thiol groups is 1. The van der Waals surface area contributed by atoms with Crippen molar-refractivity contribution in [2.45, 2.75) is 25.9 Å². The summed E-state index contributed by atoms with van der Waals surface area (Å²) in [4.78, 5) is 7.03. The maximum absolute atomic E-state index is 12.3. The van der Waals surface area contributed by atoms with Crippen LogP contribution in [0, 0.1) is 5.41 Å². The first kappa shape index (κ1) is 16.3. The van der Waals surface area contributed by atoms with E-state index < -0.39 is 9.84 Å². The lowest BCUT2D eigenvalue weighted by Crippen LogP contribution is -2.21. The Hall–Kier alpha value is -1.12. The second kappa shape index (κ2) is 5.58. The average molecular weight is 343 g/mol. The van der Waals surface area contributed by atoms with Crippen LogP contribution in [0.15, 0.2) is 23.4 Å². The second-order valence-corrected chi connectivity index (χ2v) is 9.09. The van der Waals surface area contributed by atoms with Gasteiger partial charge >= 0.3 is 0 Å². The van der Waals surface area contributed by atoms with Crippen LogP contribution in [0.1, 0.15) is 20.8 Å². The van der Waals surface area contributed by atoms with Crippen molar-refractivity contribution in [3.63, 3.8) is 0 Å². The molecule has 2 aromatic rings. The maximum Gasteiger partial charge on any atom is 0.226 e. The molecule has 0 atom stereocenters. The number of rotatable bonds is 3. The van der Waals surface area contributed by atoms with Crippen molar-refractivity contribution in [1.29, 1.82) is 0 Å². The molecule has 0 amide bonds. The third-order valence-corrected chi connectivity index (χ3v) is 4.87. The number of aromatic amines is 1. The number of H-pyrrole nitrogens is 1. The molecule has 0 unspecified atom stereocenters. The summed E-state index contributed by atoms with van der Waals surface area (Å²) in [5.41, 5.74) is 1.63. The molecule has 114 valence electrons. The van der Waals surface area contributed by atoms with E-state index in [0.29, 0.717) is 15.4 Å². The first-order chi connectivity index (χ1) is 9.57. The van der Waals surface area contributed by atoms with Crippen LogP contribution in [0.5, 0.6) is 0 Å². The van der Waals surface area contributed by atoms with Gasteiger partial charge in [-0.05, 0) is 23.6 Å². The Labute approximate surface area is 134 Å². The lowest BCUT2D eigenvalue weighted by Gasteiger charge is -2.16. The Kier molecular flexibility index (Phi) is 4.32. The highest BCUT2D eigenvalue weighted by molar-refractivity contribution is 8.11. The van der Waals surface area contributed by atoms with E-state index in [4.69, 9.17) is 12.2 Å². The Morgan fingerprint density at radius 3 is 2.67 bits per heavy atom. The molecule has 0 fully saturated rings. The van der Waals surface area contributed by atoms with Crippen LogP contribution in [0.4, 0.5) is 5.69 Å². The molecule has 1 aromatic carbocycles. The Balaban J connectivity index is 2.41. The van der Waals surface area contributed by atoms with Crippen LogP contribution in [0.3, 0.4) is 0 Å². The number of benzene rings is 1. The fourth-order valence-electron chi connectivity index (χ4n) is 1.97. The summed E-state index contributed by atoms with van der Waals surface area (Å²) in [5.74, 6) is 0.0334. The number of nitrogens with zero attached hydrogens (tertiary/aromatic N) is 1. The summed E-state index contributed by atoms with van der Waals surface area (Å²) in [5, 5.41) is 2.88. The summed E-state index contributed by atoms with van der Waals surface area (Å²) in [6, 6.07) is 5.25. The number of aromatic nitrogens is 2. The zero-order chi connectivity index (χ0) is 15.8. The number of fused-ring (bicyclic) bond motifs is 1. The monoisotopic (exact) mass is 343 g/mol. The standard InChI is InChI=1S/C13H17N3O2S3/c1-13(2,3)7-21(17,18)11-15-9-5-4-8(14-12(19)20)6-10(9)16-11/h4-6H,7H2,1-3H3,(H,15,16)(H2,14,19,20). The van der Waals surface area contributed by atoms with Gasteiger partial charge in [0.05, 0.1) is 16.8 Å². The number of hydrogen-bond acceptors (Lipinski definition) is 4. The van der Waals surface area contributed by atoms with Crippen LogP contribution in [-0.2, 0) is 9.84 Å². The third kappa shape index (κ3) is 4.18. The zero-order valence-electron chi connectivity index (χ0n) is 12.0. The van der Waals surface area contributed by atoms with Gasteiger partial charge in [-0.3, -0.25) is 0 Å². The molecule has 0 aliphatic heterocycles. The SMILES string of the molecule is CC(C)(C)CS(=O)(=O)c1nc2ccc(NC(=S)S)cc2[nH]1. The van der Waals surface area contributed by atoms with Gasteiger partial charge in [0.1, 0.15) is 4.32 Å². The molecule has 0 aliphatic rings. The summed E-state index contributed by atoms with van der Waals surface area (Å²) >= 11 is 8.86. The molecule has 1 aromatic heterocycles. The molecule has 21 heavy (non-hydrogen) atoms. The van der Waals surface area contributed by atoms with Crippen molar-refractivity contribution in [3.8, 4) is 0 Å². The second-order valence-electron chi connectivity index (χ2n) is 6.02. The molecule has 0 bridgehead atoms. The van der Waals surface area contributed by atoms with Gasteiger partial charge < -0.3 is 10.3 Å². The molecule has 0 radical (unpaired) electrons. The number of nitrogens with one attached hydrogen (secondary N) is 2. The topological polar surface area (TPSA) is 74.8 Å². The summed E-state index contributed by atoms with van der Waals surface area (Å²) < 4.78 is 25.0. The van der Waals surface area contributed by atoms with Gasteiger partial charge in [0.25, 0.3) is 0 Å². The highest BCUT2D eigenvalue weighted by Gasteiger charge is 2.26. The predicted molar refractivity (Wildman–Crippen MR) is 92.8 cm³/mol. The minimum Gasteiger partial charge on any atom is -0.341 e. The van der Waals surface area contributed by atoms with Crippen LogP contribution >= 0.6 is 24.8 Å². The van der Waals surface area contributed by atoms with Gasteiger partial charge in [-0.1, -0.05) is 33.0 Å². The number of anilines is 1. The van der Waals surface area contributed by atoms with E-state index in [9.17, 15) is 8.42 Å². The highest BCUT2D eigenvalue weighted by atomic mass is 32.2. The van der Waals surface area contributed by atoms with Gasteiger partial charge in [-0.2, -0.15) is 0 Å². The maximum atomic E-state index is 12.3. The van der Waals surface area contributed by atoms with Crippen molar-refractivity contribution in [3.05, 3.63) is 18.2 Å². The van der Waals surface area contributed by atoms with Gasteiger partial charge in [0.2, 0.25) is 15.0 Å². The van der Waals surface area contributed by atoms with Gasteiger partial charge in [-0.25, -0.2) is 13.4 Å². The van der Waals surface area contributed by atoms with E-state index in [1.54, 1.807) is 18.2 Å². The fraction of sp³-hybridized carbons (Fsp3) is 0.385. The third-order valence-electron chi connectivity index (χ3n) is 2.63. The summed E-state index contributed by atoms with van der Waals surface area (Å²) in [7, 11) is -3.44. The molecule has 0 saturated carbocycles. The van der Waals surface area contributed by atoms with E-state index in [-0.39, 0.29) is 16.3 Å². The molecule has 0 spiro atoms. The summed E-state index contributed by atoms with van der Waals surface area (Å²) in [6.45, 7) is 5.63. The fourth-order valence-corrected chi connectivity index (χ4v) is 4.00. The first-order valence-corrected chi connectivity index (χ1v) is 8.80. The molecule has 0 aliphatic carbocycles. The molecular weight excluding hydrogens is 326 g/mol. The molecule has 2 N–H and O–H groups in total. The Bertz CT molecular complexity index is 789. The van der Waals surface area contributed by atoms with Crippen LogP contribution in [-0.4, -0.2) is 28.5 Å². The van der Waals surface area contributed by atoms with E-state index in [2.05, 4.69) is 27.9 Å². The summed E-state index contributed by atoms with van der Waals surface area (Å²) in [6.07, 6.45) is 0. The number of imidazole rings is 1. The minimum atomic E-state index is -3.44. The average Bonchev–Trinajstić information content (AvgIpc) is 2.68. The quantitative estimate of drug-likeness (QED) is 0.590. The van der Waals surface area contributed by atoms with Gasteiger partial charge in [-0.15, -0.1) is 12.6 Å². The number of hydrogen-bond donors (Lipinski definition) is 3. The molecule has 8 heteroatoms. The van der Waals surface area contributed by atoms with Crippen LogP contribution < -0.4 is 5.32 Å². The van der Waals surface area contributed by atoms with E-state index in [0.717, 1.165) is 5.69 Å². The van der Waals surface area contributed by atoms with Crippen molar-refractivity contribution in [2.75, 3.05) is 11.1 Å². The lowest BCUT2D eigenvalue weighted by atomic mass is 10.0. The zero-order valence-corrected chi connectivity index (χ0v) is 14.5. The normalized spacial score (nSPS) is 12.6. The van der Waals surface area contributed by atoms with Crippen molar-refractivity contribution >= 4 is 55.7 Å². The van der Waals surface area contributed by atoms with Crippen molar-refractivity contribution < 1.29 is 8.42 Å². The minimum absolute atomic E-state index is 0.00183. The van der Waals surface area contributed by atoms with E-state index >= 15 is 0 Å². The molecule has 5 nitrogen and oxygen atoms in total. The molecule has 2 rings (SSSR count). The first-order valence-electron chi connectivity index (χ1n) is 6.29. The van der Waals surface area contributed by atoms with Crippen molar-refractivity contribution in [2.24, 2.45) is 5.41 Å². The Morgan fingerprint density at radius 1 is 1.43 bits per heavy atom. The molecule has 0 saturated heterocycles. The van der Waals surface area contributed by atoms with Gasteiger partial charge in [0, 0.05) is 5.69 Å². The highest BCUT2D eigenvalue weighted by Crippen LogP contribution is 2.24. The van der Waals surface area contributed by atoms with Gasteiger partial charge in [0.15, 0.2) is 0 Å². The van der Waals surface area contributed by atoms with Crippen LogP contribution in [0.2, 0.25) is 0 Å². The molecule has 1 heterocycles. The predicted octanol–water partition coefficient (Wildman–Crippen LogP) is 3.01. The van der Waals surface area contributed by atoms with E-state index in [1.165, 1.54) is 0 Å². The van der Waals surface area contributed by atoms with E-state index in [1.807, 2.05) is 20.8 Å². The van der Waals surface area contributed by atoms with Crippen molar-refractivity contribution in [1.82, 2.24) is 9.97 Å².